The number of carbonyl (C=O) groups excluding carboxylic acids is 1. The van der Waals surface area contributed by atoms with Gasteiger partial charge in [0, 0.05) is 17.8 Å². The summed E-state index contributed by atoms with van der Waals surface area (Å²) >= 11 is 0. The second kappa shape index (κ2) is 8.02. The number of esters is 1. The van der Waals surface area contributed by atoms with Crippen molar-refractivity contribution in [2.45, 2.75) is 19.8 Å². The van der Waals surface area contributed by atoms with E-state index in [0.717, 1.165) is 22.8 Å². The quantitative estimate of drug-likeness (QED) is 0.455. The molecule has 4 aromatic rings. The maximum atomic E-state index is 13.9. The Morgan fingerprint density at radius 2 is 1.87 bits per heavy atom. The first kappa shape index (κ1) is 19.7. The highest BCUT2D eigenvalue weighted by Crippen LogP contribution is 2.25. The van der Waals surface area contributed by atoms with Crippen LogP contribution in [0.2, 0.25) is 0 Å². The van der Waals surface area contributed by atoms with Crippen molar-refractivity contribution >= 4 is 11.6 Å². The lowest BCUT2D eigenvalue weighted by Gasteiger charge is -2.08. The molecule has 0 saturated heterocycles. The summed E-state index contributed by atoms with van der Waals surface area (Å²) in [5, 5.41) is 8.50. The fourth-order valence-electron chi connectivity index (χ4n) is 3.38. The van der Waals surface area contributed by atoms with Crippen LogP contribution in [0.1, 0.15) is 27.0 Å². The number of aryl methyl sites for hydroxylation is 3. The molecule has 4 rings (SSSR count). The molecule has 0 bridgehead atoms. The number of carbonyl (C=O) groups is 1. The summed E-state index contributed by atoms with van der Waals surface area (Å²) in [6, 6.07) is 12.6. The smallest absolute Gasteiger partial charge is 0.337 e. The van der Waals surface area contributed by atoms with Crippen molar-refractivity contribution in [3.63, 3.8) is 0 Å². The fraction of sp³-hybridized carbons (Fsp3) is 0.174. The Morgan fingerprint density at radius 1 is 1.03 bits per heavy atom. The van der Waals surface area contributed by atoms with E-state index < -0.39 is 17.6 Å². The van der Waals surface area contributed by atoms with Crippen molar-refractivity contribution in [3.05, 3.63) is 88.6 Å². The van der Waals surface area contributed by atoms with Crippen LogP contribution in [-0.4, -0.2) is 27.7 Å². The minimum Gasteiger partial charge on any atom is -0.465 e. The number of nitrogens with zero attached hydrogens (tertiary/aromatic N) is 3. The van der Waals surface area contributed by atoms with Crippen LogP contribution in [0.3, 0.4) is 0 Å². The molecule has 0 unspecified atom stereocenters. The van der Waals surface area contributed by atoms with Crippen molar-refractivity contribution in [1.29, 1.82) is 0 Å². The zero-order chi connectivity index (χ0) is 21.3. The van der Waals surface area contributed by atoms with Gasteiger partial charge in [-0.15, -0.1) is 10.2 Å². The second-order valence-electron chi connectivity index (χ2n) is 7.05. The fourth-order valence-corrected chi connectivity index (χ4v) is 3.38. The highest BCUT2D eigenvalue weighted by Gasteiger charge is 2.15. The van der Waals surface area contributed by atoms with Gasteiger partial charge in [0.2, 0.25) is 0 Å². The lowest BCUT2D eigenvalue weighted by Crippen LogP contribution is -2.03. The lowest BCUT2D eigenvalue weighted by molar-refractivity contribution is 0.0601. The summed E-state index contributed by atoms with van der Waals surface area (Å²) in [5.74, 6) is -0.956. The molecule has 152 valence electrons. The van der Waals surface area contributed by atoms with E-state index in [1.807, 2.05) is 35.7 Å². The van der Waals surface area contributed by atoms with Crippen molar-refractivity contribution < 1.29 is 18.3 Å². The number of fused-ring (bicyclic) bond motifs is 1. The topological polar surface area (TPSA) is 56.5 Å². The average molecular weight is 407 g/mol. The lowest BCUT2D eigenvalue weighted by atomic mass is 10.0. The minimum absolute atomic E-state index is 0.424. The first-order chi connectivity index (χ1) is 14.5. The molecule has 2 aromatic carbocycles. The molecular formula is C23H19F2N3O2. The number of rotatable bonds is 5. The Morgan fingerprint density at radius 3 is 2.63 bits per heavy atom. The van der Waals surface area contributed by atoms with Gasteiger partial charge in [0.05, 0.1) is 12.7 Å². The number of hydrogen-bond donors (Lipinski definition) is 0. The molecule has 0 amide bonds. The molecule has 0 radical (unpaired) electrons. The van der Waals surface area contributed by atoms with Crippen LogP contribution in [0.4, 0.5) is 8.78 Å². The first-order valence-corrected chi connectivity index (χ1v) is 9.43. The van der Waals surface area contributed by atoms with Gasteiger partial charge in [0.15, 0.2) is 11.5 Å². The predicted molar refractivity (Wildman–Crippen MR) is 108 cm³/mol. The van der Waals surface area contributed by atoms with Gasteiger partial charge in [-0.05, 0) is 60.7 Å². The minimum atomic E-state index is -0.587. The summed E-state index contributed by atoms with van der Waals surface area (Å²) in [6.45, 7) is 1.93. The molecule has 0 aliphatic rings. The summed E-state index contributed by atoms with van der Waals surface area (Å²) < 4.78 is 33.7. The van der Waals surface area contributed by atoms with Crippen LogP contribution in [0.15, 0.2) is 54.7 Å². The van der Waals surface area contributed by atoms with Crippen LogP contribution >= 0.6 is 0 Å². The van der Waals surface area contributed by atoms with E-state index in [1.165, 1.54) is 19.2 Å². The number of benzene rings is 2. The zero-order valence-electron chi connectivity index (χ0n) is 16.5. The maximum Gasteiger partial charge on any atom is 0.337 e. The Balaban J connectivity index is 1.67. The summed E-state index contributed by atoms with van der Waals surface area (Å²) in [5.41, 5.74) is 4.21. The van der Waals surface area contributed by atoms with E-state index in [9.17, 15) is 13.6 Å². The molecule has 5 nitrogen and oxygen atoms in total. The van der Waals surface area contributed by atoms with Crippen molar-refractivity contribution in [1.82, 2.24) is 14.6 Å². The van der Waals surface area contributed by atoms with Gasteiger partial charge in [0.25, 0.3) is 0 Å². The zero-order valence-corrected chi connectivity index (χ0v) is 16.5. The molecule has 0 N–H and O–H groups in total. The van der Waals surface area contributed by atoms with E-state index in [0.29, 0.717) is 35.4 Å². The molecule has 7 heteroatoms. The van der Waals surface area contributed by atoms with Crippen molar-refractivity contribution in [3.8, 4) is 11.4 Å². The Hall–Kier alpha value is -3.61. The third-order valence-electron chi connectivity index (χ3n) is 5.06. The largest absolute Gasteiger partial charge is 0.465 e. The number of halogens is 2. The van der Waals surface area contributed by atoms with Crippen LogP contribution in [0, 0.1) is 18.6 Å². The molecule has 2 aromatic heterocycles. The highest BCUT2D eigenvalue weighted by molar-refractivity contribution is 5.91. The van der Waals surface area contributed by atoms with Crippen molar-refractivity contribution in [2.24, 2.45) is 0 Å². The number of ether oxygens (including phenoxy) is 1. The Labute approximate surface area is 172 Å². The Kier molecular flexibility index (Phi) is 5.27. The molecule has 0 spiro atoms. The molecular weight excluding hydrogens is 388 g/mol. The molecule has 2 heterocycles. The van der Waals surface area contributed by atoms with Gasteiger partial charge in [-0.25, -0.2) is 13.6 Å². The van der Waals surface area contributed by atoms with Gasteiger partial charge >= 0.3 is 5.97 Å². The maximum absolute atomic E-state index is 13.9. The molecule has 0 saturated carbocycles. The monoisotopic (exact) mass is 407 g/mol. The van der Waals surface area contributed by atoms with E-state index in [4.69, 9.17) is 4.74 Å². The summed E-state index contributed by atoms with van der Waals surface area (Å²) in [4.78, 5) is 11.9. The number of hydrogen-bond acceptors (Lipinski definition) is 4. The van der Waals surface area contributed by atoms with E-state index >= 15 is 0 Å². The van der Waals surface area contributed by atoms with E-state index in [1.54, 1.807) is 12.1 Å². The summed E-state index contributed by atoms with van der Waals surface area (Å²) in [7, 11) is 1.34. The predicted octanol–water partition coefficient (Wildman–Crippen LogP) is 4.55. The van der Waals surface area contributed by atoms with Gasteiger partial charge in [-0.1, -0.05) is 18.2 Å². The number of pyridine rings is 1. The van der Waals surface area contributed by atoms with Gasteiger partial charge in [-0.2, -0.15) is 0 Å². The normalized spacial score (nSPS) is 11.1. The van der Waals surface area contributed by atoms with E-state index in [2.05, 4.69) is 10.2 Å². The molecule has 0 fully saturated rings. The highest BCUT2D eigenvalue weighted by atomic mass is 19.1. The van der Waals surface area contributed by atoms with Crippen LogP contribution < -0.4 is 0 Å². The second-order valence-corrected chi connectivity index (χ2v) is 7.05. The van der Waals surface area contributed by atoms with Gasteiger partial charge in [0.1, 0.15) is 11.6 Å². The standard InChI is InChI=1S/C23H19F2N3O2/c1-14-3-6-17(23(29)30-2)11-19(14)22-27-26-21-10-5-15(13-28(21)22)4-7-16-8-9-18(24)12-20(16)25/h3,5-6,8-13H,4,7H2,1-2H3. The average Bonchev–Trinajstić information content (AvgIpc) is 3.16. The van der Waals surface area contributed by atoms with Crippen LogP contribution in [0.5, 0.6) is 0 Å². The number of aromatic nitrogens is 3. The molecule has 0 aliphatic heterocycles. The Bertz CT molecular complexity index is 1250. The third-order valence-corrected chi connectivity index (χ3v) is 5.06. The molecule has 0 aliphatic carbocycles. The summed E-state index contributed by atoms with van der Waals surface area (Å²) in [6.07, 6.45) is 2.90. The molecule has 0 atom stereocenters. The van der Waals surface area contributed by atoms with Gasteiger partial charge in [-0.3, -0.25) is 4.40 Å². The SMILES string of the molecule is COC(=O)c1ccc(C)c(-c2nnc3ccc(CCc4ccc(F)cc4F)cn23)c1. The van der Waals surface area contributed by atoms with Crippen LogP contribution in [-0.2, 0) is 17.6 Å². The van der Waals surface area contributed by atoms with Crippen molar-refractivity contribution in [2.75, 3.05) is 7.11 Å². The first-order valence-electron chi connectivity index (χ1n) is 9.43. The van der Waals surface area contributed by atoms with Gasteiger partial charge < -0.3 is 4.74 Å². The number of methoxy groups -OCH3 is 1. The third kappa shape index (κ3) is 3.78. The van der Waals surface area contributed by atoms with E-state index in [-0.39, 0.29) is 0 Å². The van der Waals surface area contributed by atoms with Crippen LogP contribution in [0.25, 0.3) is 17.0 Å². The molecule has 30 heavy (non-hydrogen) atoms.